The summed E-state index contributed by atoms with van der Waals surface area (Å²) in [5.41, 5.74) is 0. The minimum Gasteiger partial charge on any atom is -0.396 e. The molecule has 0 aliphatic carbocycles. The molecule has 0 saturated carbocycles. The van der Waals surface area contributed by atoms with Gasteiger partial charge in [0.15, 0.2) is 0 Å². The van der Waals surface area contributed by atoms with E-state index in [0.29, 0.717) is 12.1 Å². The first-order chi connectivity index (χ1) is 9.57. The molecule has 2 unspecified atom stereocenters. The summed E-state index contributed by atoms with van der Waals surface area (Å²) >= 11 is 0. The minimum atomic E-state index is -2.25. The Bertz CT molecular complexity index is 447. The molecule has 1 aliphatic rings. The Morgan fingerprint density at radius 1 is 1.15 bits per heavy atom. The van der Waals surface area contributed by atoms with Gasteiger partial charge in [0.2, 0.25) is 0 Å². The van der Waals surface area contributed by atoms with Crippen LogP contribution in [0.3, 0.4) is 0 Å². The maximum Gasteiger partial charge on any atom is 0.118 e. The van der Waals surface area contributed by atoms with Crippen molar-refractivity contribution in [1.82, 2.24) is 4.90 Å². The molecule has 0 radical (unpaired) electrons. The molecule has 112 valence electrons. The highest BCUT2D eigenvalue weighted by molar-refractivity contribution is 7.71. The monoisotopic (exact) mass is 295 g/mol. The fourth-order valence-electron chi connectivity index (χ4n) is 3.33. The van der Waals surface area contributed by atoms with Gasteiger partial charge in [-0.2, -0.15) is 0 Å². The van der Waals surface area contributed by atoms with E-state index in [-0.39, 0.29) is 6.61 Å². The standard InChI is InChI=1S/C16H26NO2P/c1-14-12-20(19,16-8-4-3-5-9-16)13-15(2)17(14)10-6-7-11-18/h3-5,8-9,14-15,18H,6-7,10-13H2,1-2H3. The molecule has 1 aliphatic heterocycles. The summed E-state index contributed by atoms with van der Waals surface area (Å²) in [4.78, 5) is 2.45. The Morgan fingerprint density at radius 2 is 1.75 bits per heavy atom. The Hall–Kier alpha value is -0.630. The summed E-state index contributed by atoms with van der Waals surface area (Å²) < 4.78 is 13.3. The molecule has 20 heavy (non-hydrogen) atoms. The molecule has 0 bridgehead atoms. The maximum atomic E-state index is 13.3. The SMILES string of the molecule is CC1CP(=O)(c2ccccc2)CC(C)N1CCCCO. The predicted octanol–water partition coefficient (Wildman–Crippen LogP) is 2.54. The van der Waals surface area contributed by atoms with Crippen molar-refractivity contribution >= 4 is 12.4 Å². The van der Waals surface area contributed by atoms with E-state index in [9.17, 15) is 4.57 Å². The van der Waals surface area contributed by atoms with E-state index in [1.54, 1.807) is 0 Å². The van der Waals surface area contributed by atoms with Crippen LogP contribution in [0.2, 0.25) is 0 Å². The van der Waals surface area contributed by atoms with Crippen molar-refractivity contribution < 1.29 is 9.67 Å². The molecule has 2 rings (SSSR count). The van der Waals surface area contributed by atoms with Crippen LogP contribution in [0.25, 0.3) is 0 Å². The molecule has 1 fully saturated rings. The van der Waals surface area contributed by atoms with Gasteiger partial charge in [-0.15, -0.1) is 0 Å². The average molecular weight is 295 g/mol. The molecule has 3 nitrogen and oxygen atoms in total. The van der Waals surface area contributed by atoms with E-state index >= 15 is 0 Å². The Labute approximate surface area is 122 Å². The summed E-state index contributed by atoms with van der Waals surface area (Å²) in [7, 11) is -2.25. The average Bonchev–Trinajstić information content (AvgIpc) is 2.43. The van der Waals surface area contributed by atoms with Crippen molar-refractivity contribution in [2.24, 2.45) is 0 Å². The number of rotatable bonds is 5. The normalized spacial score (nSPS) is 31.4. The van der Waals surface area contributed by atoms with Gasteiger partial charge in [0.1, 0.15) is 7.14 Å². The summed E-state index contributed by atoms with van der Waals surface area (Å²) in [6, 6.07) is 10.7. The quantitative estimate of drug-likeness (QED) is 0.670. The molecule has 1 aromatic carbocycles. The van der Waals surface area contributed by atoms with Gasteiger partial charge < -0.3 is 9.67 Å². The number of nitrogens with zero attached hydrogens (tertiary/aromatic N) is 1. The first-order valence-electron chi connectivity index (χ1n) is 7.57. The van der Waals surface area contributed by atoms with Crippen LogP contribution >= 0.6 is 7.14 Å². The summed E-state index contributed by atoms with van der Waals surface area (Å²) in [6.07, 6.45) is 3.42. The molecular weight excluding hydrogens is 269 g/mol. The molecule has 2 atom stereocenters. The number of hydrogen-bond acceptors (Lipinski definition) is 3. The van der Waals surface area contributed by atoms with Crippen molar-refractivity contribution in [3.8, 4) is 0 Å². The lowest BCUT2D eigenvalue weighted by Crippen LogP contribution is -2.49. The second-order valence-corrected chi connectivity index (χ2v) is 8.98. The topological polar surface area (TPSA) is 40.5 Å². The third-order valence-electron chi connectivity index (χ3n) is 4.30. The van der Waals surface area contributed by atoms with Crippen molar-refractivity contribution in [2.75, 3.05) is 25.5 Å². The van der Waals surface area contributed by atoms with Crippen LogP contribution in [-0.4, -0.2) is 47.6 Å². The highest BCUT2D eigenvalue weighted by Crippen LogP contribution is 2.50. The number of benzene rings is 1. The zero-order chi connectivity index (χ0) is 14.6. The number of hydrogen-bond donors (Lipinski definition) is 1. The van der Waals surface area contributed by atoms with E-state index in [4.69, 9.17) is 5.11 Å². The zero-order valence-electron chi connectivity index (χ0n) is 12.5. The molecule has 0 amide bonds. The number of aliphatic hydroxyl groups is 1. The fourth-order valence-corrected chi connectivity index (χ4v) is 6.74. The second-order valence-electron chi connectivity index (χ2n) is 5.96. The van der Waals surface area contributed by atoms with E-state index in [1.807, 2.05) is 30.3 Å². The summed E-state index contributed by atoms with van der Waals surface area (Å²) in [5.74, 6) is 0. The highest BCUT2D eigenvalue weighted by atomic mass is 31.2. The van der Waals surface area contributed by atoms with Crippen LogP contribution < -0.4 is 5.30 Å². The zero-order valence-corrected chi connectivity index (χ0v) is 13.4. The molecule has 1 N–H and O–H groups in total. The molecule has 4 heteroatoms. The Balaban J connectivity index is 2.07. The summed E-state index contributed by atoms with van der Waals surface area (Å²) in [6.45, 7) is 5.63. The Morgan fingerprint density at radius 3 is 2.30 bits per heavy atom. The van der Waals surface area contributed by atoms with Crippen LogP contribution in [0.5, 0.6) is 0 Å². The van der Waals surface area contributed by atoms with Gasteiger partial charge in [-0.1, -0.05) is 30.3 Å². The first kappa shape index (κ1) is 15.8. The van der Waals surface area contributed by atoms with Gasteiger partial charge in [0.05, 0.1) is 0 Å². The predicted molar refractivity (Wildman–Crippen MR) is 85.4 cm³/mol. The maximum absolute atomic E-state index is 13.3. The van der Waals surface area contributed by atoms with Crippen molar-refractivity contribution in [3.63, 3.8) is 0 Å². The van der Waals surface area contributed by atoms with Gasteiger partial charge >= 0.3 is 0 Å². The van der Waals surface area contributed by atoms with Crippen molar-refractivity contribution in [3.05, 3.63) is 30.3 Å². The van der Waals surface area contributed by atoms with Gasteiger partial charge in [0, 0.05) is 36.3 Å². The second kappa shape index (κ2) is 6.89. The van der Waals surface area contributed by atoms with Gasteiger partial charge in [0.25, 0.3) is 0 Å². The first-order valence-corrected chi connectivity index (χ1v) is 9.65. The van der Waals surface area contributed by atoms with Gasteiger partial charge in [-0.3, -0.25) is 4.90 Å². The van der Waals surface area contributed by atoms with E-state index in [2.05, 4.69) is 18.7 Å². The summed E-state index contributed by atoms with van der Waals surface area (Å²) in [5, 5.41) is 9.93. The molecule has 1 saturated heterocycles. The van der Waals surface area contributed by atoms with Crippen LogP contribution in [0.4, 0.5) is 0 Å². The van der Waals surface area contributed by atoms with E-state index < -0.39 is 7.14 Å². The lowest BCUT2D eigenvalue weighted by atomic mass is 10.2. The van der Waals surface area contributed by atoms with Crippen LogP contribution in [0.15, 0.2) is 30.3 Å². The molecule has 0 aromatic heterocycles. The number of aliphatic hydroxyl groups excluding tert-OH is 1. The molecule has 1 heterocycles. The fraction of sp³-hybridized carbons (Fsp3) is 0.625. The lowest BCUT2D eigenvalue weighted by molar-refractivity contribution is 0.159. The van der Waals surface area contributed by atoms with Crippen molar-refractivity contribution in [2.45, 2.75) is 38.8 Å². The highest BCUT2D eigenvalue weighted by Gasteiger charge is 2.38. The molecular formula is C16H26NO2P. The largest absolute Gasteiger partial charge is 0.396 e. The van der Waals surface area contributed by atoms with Gasteiger partial charge in [-0.25, -0.2) is 0 Å². The lowest BCUT2D eigenvalue weighted by Gasteiger charge is -2.42. The van der Waals surface area contributed by atoms with Crippen LogP contribution in [-0.2, 0) is 4.57 Å². The smallest absolute Gasteiger partial charge is 0.118 e. The molecule has 1 aromatic rings. The van der Waals surface area contributed by atoms with Crippen molar-refractivity contribution in [1.29, 1.82) is 0 Å². The van der Waals surface area contributed by atoms with Crippen LogP contribution in [0, 0.1) is 0 Å². The third kappa shape index (κ3) is 3.52. The number of unbranched alkanes of at least 4 members (excludes halogenated alkanes) is 1. The Kier molecular flexibility index (Phi) is 5.42. The van der Waals surface area contributed by atoms with Gasteiger partial charge in [-0.05, 0) is 33.2 Å². The third-order valence-corrected chi connectivity index (χ3v) is 7.78. The van der Waals surface area contributed by atoms with E-state index in [1.165, 1.54) is 0 Å². The minimum absolute atomic E-state index is 0.263. The van der Waals surface area contributed by atoms with E-state index in [0.717, 1.165) is 37.0 Å². The van der Waals surface area contributed by atoms with Crippen LogP contribution in [0.1, 0.15) is 26.7 Å². The molecule has 0 spiro atoms.